The van der Waals surface area contributed by atoms with Crippen molar-refractivity contribution in [2.45, 2.75) is 17.2 Å². The normalized spacial score (nSPS) is 15.2. The predicted octanol–water partition coefficient (Wildman–Crippen LogP) is 6.34. The third-order valence-corrected chi connectivity index (χ3v) is 5.82. The molecule has 1 aromatic heterocycles. The molecule has 10 heteroatoms. The van der Waals surface area contributed by atoms with Gasteiger partial charge in [-0.2, -0.15) is 26.3 Å². The first-order valence-electron chi connectivity index (χ1n) is 4.17. The fourth-order valence-corrected chi connectivity index (χ4v) is 3.94. The Labute approximate surface area is 124 Å². The molecule has 0 bridgehead atoms. The summed E-state index contributed by atoms with van der Waals surface area (Å²) in [7, 11) is 0. The predicted molar refractivity (Wildman–Crippen MR) is 64.3 cm³/mol. The average Bonchev–Trinajstić information content (AvgIpc) is 2.41. The maximum atomic E-state index is 12.5. The van der Waals surface area contributed by atoms with Gasteiger partial charge in [0.1, 0.15) is 4.34 Å². The van der Waals surface area contributed by atoms with Gasteiger partial charge < -0.3 is 0 Å². The maximum absolute atomic E-state index is 12.5. The number of halogens is 9. The number of thiophene rings is 1. The fourth-order valence-electron chi connectivity index (χ4n) is 1.18. The Morgan fingerprint density at radius 1 is 1.11 bits per heavy atom. The highest BCUT2D eigenvalue weighted by atomic mass is 79.9. The molecule has 0 N–H and O–H groups in total. The average molecular weight is 440 g/mol. The summed E-state index contributed by atoms with van der Waals surface area (Å²) in [4.78, 5) is -2.07. The summed E-state index contributed by atoms with van der Waals surface area (Å²) in [5.41, 5.74) is 0. The van der Waals surface area contributed by atoms with E-state index in [9.17, 15) is 26.3 Å². The number of rotatable bonds is 2. The van der Waals surface area contributed by atoms with E-state index in [2.05, 4.69) is 31.9 Å². The molecule has 1 unspecified atom stereocenters. The minimum atomic E-state index is -5.39. The SMILES string of the molecule is FC(F)(F)C(C(Br)c1cc(Br)c(Cl)s1)C(F)(F)F. The van der Waals surface area contributed by atoms with Gasteiger partial charge in [-0.05, 0) is 22.0 Å². The van der Waals surface area contributed by atoms with E-state index < -0.39 is 23.1 Å². The van der Waals surface area contributed by atoms with Gasteiger partial charge >= 0.3 is 12.4 Å². The molecular formula is C8H3Br2ClF6S. The van der Waals surface area contributed by atoms with Gasteiger partial charge in [-0.15, -0.1) is 11.3 Å². The molecule has 0 aliphatic heterocycles. The van der Waals surface area contributed by atoms with E-state index in [0.29, 0.717) is 11.3 Å². The van der Waals surface area contributed by atoms with E-state index in [1.165, 1.54) is 0 Å². The zero-order valence-electron chi connectivity index (χ0n) is 8.04. The molecule has 1 aromatic rings. The quantitative estimate of drug-likeness (QED) is 0.372. The first-order valence-corrected chi connectivity index (χ1v) is 7.07. The highest BCUT2D eigenvalue weighted by Crippen LogP contribution is 2.52. The van der Waals surface area contributed by atoms with E-state index >= 15 is 0 Å². The molecule has 104 valence electrons. The van der Waals surface area contributed by atoms with Crippen molar-refractivity contribution < 1.29 is 26.3 Å². The smallest absolute Gasteiger partial charge is 0.170 e. The molecule has 0 spiro atoms. The Morgan fingerprint density at radius 2 is 1.56 bits per heavy atom. The molecule has 0 aliphatic rings. The number of hydrogen-bond acceptors (Lipinski definition) is 1. The van der Waals surface area contributed by atoms with E-state index in [0.717, 1.165) is 6.07 Å². The lowest BCUT2D eigenvalue weighted by Gasteiger charge is -2.26. The van der Waals surface area contributed by atoms with Gasteiger partial charge in [0, 0.05) is 9.35 Å². The molecule has 0 radical (unpaired) electrons. The standard InChI is InChI=1S/C8H3Br2ClF6S/c9-2-1-3(18-6(2)11)4(10)5(7(12,13)14)8(15,16)17/h1,4-5H. The molecule has 0 saturated heterocycles. The Balaban J connectivity index is 3.15. The van der Waals surface area contributed by atoms with Gasteiger partial charge in [0.15, 0.2) is 5.92 Å². The van der Waals surface area contributed by atoms with Crippen LogP contribution in [-0.2, 0) is 0 Å². The van der Waals surface area contributed by atoms with Crippen LogP contribution in [0.2, 0.25) is 4.34 Å². The first kappa shape index (κ1) is 16.6. The number of alkyl halides is 7. The molecule has 0 nitrogen and oxygen atoms in total. The zero-order valence-corrected chi connectivity index (χ0v) is 12.8. The Kier molecular flexibility index (Phi) is 5.06. The molecule has 0 amide bonds. The summed E-state index contributed by atoms with van der Waals surface area (Å²) in [6.07, 6.45) is -10.8. The minimum Gasteiger partial charge on any atom is -0.170 e. The van der Waals surface area contributed by atoms with Crippen LogP contribution in [0.25, 0.3) is 0 Å². The summed E-state index contributed by atoms with van der Waals surface area (Å²) in [6, 6.07) is 1.14. The van der Waals surface area contributed by atoms with Crippen LogP contribution < -0.4 is 0 Å². The molecule has 1 rings (SSSR count). The van der Waals surface area contributed by atoms with E-state index in [-0.39, 0.29) is 13.7 Å². The van der Waals surface area contributed by atoms with Crippen molar-refractivity contribution in [1.29, 1.82) is 0 Å². The second kappa shape index (κ2) is 5.49. The summed E-state index contributed by atoms with van der Waals surface area (Å²) < 4.78 is 75.2. The monoisotopic (exact) mass is 438 g/mol. The lowest BCUT2D eigenvalue weighted by molar-refractivity contribution is -0.283. The van der Waals surface area contributed by atoms with Crippen LogP contribution in [0, 0.1) is 5.92 Å². The highest BCUT2D eigenvalue weighted by molar-refractivity contribution is 9.10. The highest BCUT2D eigenvalue weighted by Gasteiger charge is 2.60. The van der Waals surface area contributed by atoms with E-state index in [1.807, 2.05) is 0 Å². The summed E-state index contributed by atoms with van der Waals surface area (Å²) in [5.74, 6) is -3.48. The molecule has 0 aliphatic carbocycles. The second-order valence-electron chi connectivity index (χ2n) is 3.23. The molecule has 18 heavy (non-hydrogen) atoms. The van der Waals surface area contributed by atoms with Crippen molar-refractivity contribution in [2.24, 2.45) is 5.92 Å². The Hall–Kier alpha value is 0.530. The Bertz CT molecular complexity index is 393. The van der Waals surface area contributed by atoms with Gasteiger partial charge in [0.2, 0.25) is 0 Å². The van der Waals surface area contributed by atoms with Crippen LogP contribution in [0.15, 0.2) is 10.5 Å². The van der Waals surface area contributed by atoms with Crippen LogP contribution in [0.3, 0.4) is 0 Å². The summed E-state index contributed by atoms with van der Waals surface area (Å²) in [6.45, 7) is 0. The van der Waals surface area contributed by atoms with Gasteiger partial charge in [-0.1, -0.05) is 27.5 Å². The van der Waals surface area contributed by atoms with Crippen LogP contribution in [0.4, 0.5) is 26.3 Å². The molecule has 1 heterocycles. The van der Waals surface area contributed by atoms with Crippen molar-refractivity contribution in [3.05, 3.63) is 19.8 Å². The van der Waals surface area contributed by atoms with E-state index in [1.54, 1.807) is 0 Å². The largest absolute Gasteiger partial charge is 0.401 e. The summed E-state index contributed by atoms with van der Waals surface area (Å²) >= 11 is 11.6. The first-order chi connectivity index (χ1) is 7.94. The molecule has 0 aromatic carbocycles. The zero-order chi connectivity index (χ0) is 14.3. The minimum absolute atomic E-state index is 0.0950. The molecule has 0 fully saturated rings. The third kappa shape index (κ3) is 3.77. The van der Waals surface area contributed by atoms with Crippen LogP contribution in [0.1, 0.15) is 9.70 Å². The topological polar surface area (TPSA) is 0 Å². The fraction of sp³-hybridized carbons (Fsp3) is 0.500. The second-order valence-corrected chi connectivity index (χ2v) is 6.76. The van der Waals surface area contributed by atoms with Crippen molar-refractivity contribution in [1.82, 2.24) is 0 Å². The van der Waals surface area contributed by atoms with Crippen molar-refractivity contribution in [2.75, 3.05) is 0 Å². The number of hydrogen-bond donors (Lipinski definition) is 0. The molecular weight excluding hydrogens is 437 g/mol. The van der Waals surface area contributed by atoms with Crippen molar-refractivity contribution in [3.63, 3.8) is 0 Å². The van der Waals surface area contributed by atoms with Gasteiger partial charge in [0.25, 0.3) is 0 Å². The van der Waals surface area contributed by atoms with Crippen molar-refractivity contribution in [3.8, 4) is 0 Å². The Morgan fingerprint density at radius 3 is 1.83 bits per heavy atom. The lowest BCUT2D eigenvalue weighted by Crippen LogP contribution is -2.39. The summed E-state index contributed by atoms with van der Waals surface area (Å²) in [5, 5.41) is 0. The van der Waals surface area contributed by atoms with Gasteiger partial charge in [-0.3, -0.25) is 0 Å². The van der Waals surface area contributed by atoms with Gasteiger partial charge in [0.05, 0.1) is 4.83 Å². The van der Waals surface area contributed by atoms with E-state index in [4.69, 9.17) is 11.6 Å². The van der Waals surface area contributed by atoms with Crippen molar-refractivity contribution >= 4 is 54.8 Å². The van der Waals surface area contributed by atoms with Crippen LogP contribution >= 0.6 is 54.8 Å². The van der Waals surface area contributed by atoms with Crippen LogP contribution in [0.5, 0.6) is 0 Å². The third-order valence-electron chi connectivity index (χ3n) is 1.93. The lowest BCUT2D eigenvalue weighted by atomic mass is 10.0. The van der Waals surface area contributed by atoms with Crippen LogP contribution in [-0.4, -0.2) is 12.4 Å². The van der Waals surface area contributed by atoms with Gasteiger partial charge in [-0.25, -0.2) is 0 Å². The maximum Gasteiger partial charge on any atom is 0.401 e. The molecule has 1 atom stereocenters. The molecule has 0 saturated carbocycles.